The molecular formula is C38H32F6N4O. The molecule has 1 aliphatic rings. The van der Waals surface area contributed by atoms with Crippen molar-refractivity contribution >= 4 is 21.8 Å². The smallest absolute Gasteiger partial charge is 0.412 e. The van der Waals surface area contributed by atoms with Crippen molar-refractivity contribution in [1.82, 2.24) is 19.3 Å². The second-order valence-electron chi connectivity index (χ2n) is 12.4. The maximum atomic E-state index is 14.2. The van der Waals surface area contributed by atoms with Crippen molar-refractivity contribution in [3.63, 3.8) is 0 Å². The summed E-state index contributed by atoms with van der Waals surface area (Å²) in [6.45, 7) is 5.05. The Hall–Kier alpha value is -5.06. The predicted molar refractivity (Wildman–Crippen MR) is 177 cm³/mol. The predicted octanol–water partition coefficient (Wildman–Crippen LogP) is 10.9. The number of rotatable bonds is 6. The van der Waals surface area contributed by atoms with Crippen LogP contribution in [-0.4, -0.2) is 31.7 Å². The lowest BCUT2D eigenvalue weighted by Crippen LogP contribution is -2.36. The zero-order valence-corrected chi connectivity index (χ0v) is 26.9. The van der Waals surface area contributed by atoms with Crippen molar-refractivity contribution in [1.29, 1.82) is 0 Å². The van der Waals surface area contributed by atoms with Crippen LogP contribution < -0.4 is 4.74 Å². The average Bonchev–Trinajstić information content (AvgIpc) is 3.56. The summed E-state index contributed by atoms with van der Waals surface area (Å²) < 4.78 is 94.6. The van der Waals surface area contributed by atoms with Crippen LogP contribution in [0.1, 0.15) is 48.2 Å². The fourth-order valence-corrected chi connectivity index (χ4v) is 7.16. The van der Waals surface area contributed by atoms with Crippen LogP contribution >= 0.6 is 0 Å². The Morgan fingerprint density at radius 3 is 2.35 bits per heavy atom. The Kier molecular flexibility index (Phi) is 8.04. The number of pyridine rings is 1. The topological polar surface area (TPSA) is 44.9 Å². The molecule has 0 saturated heterocycles. The molecule has 0 radical (unpaired) electrons. The van der Waals surface area contributed by atoms with Gasteiger partial charge in [-0.15, -0.1) is 0 Å². The number of aromatic nitrogens is 4. The Morgan fingerprint density at radius 2 is 1.59 bits per heavy atom. The summed E-state index contributed by atoms with van der Waals surface area (Å²) in [4.78, 5) is 4.66. The van der Waals surface area contributed by atoms with Gasteiger partial charge in [0, 0.05) is 51.9 Å². The molecule has 0 bridgehead atoms. The molecule has 0 aliphatic heterocycles. The van der Waals surface area contributed by atoms with Gasteiger partial charge in [0.25, 0.3) is 0 Å². The molecule has 2 atom stereocenters. The lowest BCUT2D eigenvalue weighted by molar-refractivity contribution is -0.187. The lowest BCUT2D eigenvalue weighted by Gasteiger charge is -2.35. The van der Waals surface area contributed by atoms with Gasteiger partial charge in [-0.05, 0) is 81.1 Å². The number of ether oxygens (including phenoxy) is 1. The molecule has 252 valence electrons. The molecule has 7 rings (SSSR count). The number of hydrogen-bond acceptors (Lipinski definition) is 3. The van der Waals surface area contributed by atoms with Gasteiger partial charge in [-0.2, -0.15) is 31.4 Å². The molecule has 3 heterocycles. The van der Waals surface area contributed by atoms with Gasteiger partial charge in [0.05, 0.1) is 28.3 Å². The van der Waals surface area contributed by atoms with Crippen molar-refractivity contribution in [3.8, 4) is 23.0 Å². The van der Waals surface area contributed by atoms with Crippen molar-refractivity contribution in [2.24, 2.45) is 5.92 Å². The summed E-state index contributed by atoms with van der Waals surface area (Å²) in [5, 5.41) is 6.53. The van der Waals surface area contributed by atoms with Gasteiger partial charge in [0.2, 0.25) is 0 Å². The number of benzene rings is 3. The fraction of sp³-hybridized carbons (Fsp3) is 0.263. The average molecular weight is 675 g/mol. The molecule has 0 unspecified atom stereocenters. The molecule has 6 aromatic rings. The van der Waals surface area contributed by atoms with Crippen LogP contribution in [0.2, 0.25) is 0 Å². The first-order valence-electron chi connectivity index (χ1n) is 16.0. The van der Waals surface area contributed by atoms with E-state index in [0.717, 1.165) is 45.7 Å². The van der Waals surface area contributed by atoms with Crippen molar-refractivity contribution in [2.75, 3.05) is 0 Å². The zero-order chi connectivity index (χ0) is 34.7. The second kappa shape index (κ2) is 12.1. The van der Waals surface area contributed by atoms with E-state index in [2.05, 4.69) is 33.7 Å². The van der Waals surface area contributed by atoms with Crippen LogP contribution in [0.3, 0.4) is 0 Å². The van der Waals surface area contributed by atoms with E-state index in [-0.39, 0.29) is 23.4 Å². The van der Waals surface area contributed by atoms with Gasteiger partial charge >= 0.3 is 12.4 Å². The molecule has 3 aromatic carbocycles. The Bertz CT molecular complexity index is 2230. The van der Waals surface area contributed by atoms with E-state index < -0.39 is 36.2 Å². The minimum Gasteiger partial charge on any atom is -0.457 e. The SMILES string of the molecule is CCc1ccnc(-n2c3ccccc3c3ccc(Oc4cccc(-n5nc(C)c([C@@H]6C(C(F)(F)F)=CCC[C@@H]6C(F)(F)F)c5C)c4)cc32)c1. The van der Waals surface area contributed by atoms with E-state index in [1.807, 2.05) is 42.5 Å². The second-order valence-corrected chi connectivity index (χ2v) is 12.4. The van der Waals surface area contributed by atoms with Crippen LogP contribution in [0.5, 0.6) is 11.5 Å². The fourth-order valence-electron chi connectivity index (χ4n) is 7.16. The molecule has 0 N–H and O–H groups in total. The van der Waals surface area contributed by atoms with Crippen LogP contribution in [0.25, 0.3) is 33.3 Å². The Morgan fingerprint density at radius 1 is 0.837 bits per heavy atom. The maximum absolute atomic E-state index is 14.2. The third-order valence-corrected chi connectivity index (χ3v) is 9.38. The molecule has 0 spiro atoms. The number of nitrogens with zero attached hydrogens (tertiary/aromatic N) is 4. The van der Waals surface area contributed by atoms with Gasteiger partial charge in [-0.25, -0.2) is 9.67 Å². The third-order valence-electron chi connectivity index (χ3n) is 9.38. The van der Waals surface area contributed by atoms with Crippen LogP contribution in [0.15, 0.2) is 96.7 Å². The first-order valence-corrected chi connectivity index (χ1v) is 16.0. The van der Waals surface area contributed by atoms with Crippen LogP contribution in [-0.2, 0) is 6.42 Å². The van der Waals surface area contributed by atoms with Crippen LogP contribution in [0, 0.1) is 19.8 Å². The van der Waals surface area contributed by atoms with E-state index >= 15 is 0 Å². The summed E-state index contributed by atoms with van der Waals surface area (Å²) >= 11 is 0. The quantitative estimate of drug-likeness (QED) is 0.130. The number of para-hydroxylation sites is 1. The zero-order valence-electron chi connectivity index (χ0n) is 26.9. The third kappa shape index (κ3) is 5.85. The highest BCUT2D eigenvalue weighted by Gasteiger charge is 2.54. The number of aryl methyl sites for hydroxylation is 2. The summed E-state index contributed by atoms with van der Waals surface area (Å²) in [5.41, 5.74) is 2.56. The molecule has 1 aliphatic carbocycles. The highest BCUT2D eigenvalue weighted by molar-refractivity contribution is 6.09. The summed E-state index contributed by atoms with van der Waals surface area (Å²) in [7, 11) is 0. The van der Waals surface area contributed by atoms with Crippen molar-refractivity contribution < 1.29 is 31.1 Å². The number of hydrogen-bond donors (Lipinski definition) is 0. The van der Waals surface area contributed by atoms with Gasteiger partial charge in [-0.3, -0.25) is 4.57 Å². The number of allylic oxidation sites excluding steroid dienone is 2. The minimum absolute atomic E-state index is 0.0593. The lowest BCUT2D eigenvalue weighted by atomic mass is 9.73. The molecule has 49 heavy (non-hydrogen) atoms. The molecule has 0 fully saturated rings. The molecule has 11 heteroatoms. The van der Waals surface area contributed by atoms with E-state index in [1.165, 1.54) is 18.5 Å². The van der Waals surface area contributed by atoms with E-state index in [1.54, 1.807) is 30.5 Å². The molecule has 3 aromatic heterocycles. The molecule has 0 saturated carbocycles. The highest BCUT2D eigenvalue weighted by atomic mass is 19.4. The summed E-state index contributed by atoms with van der Waals surface area (Å²) in [6.07, 6.45) is -6.90. The van der Waals surface area contributed by atoms with E-state index in [0.29, 0.717) is 17.2 Å². The first-order chi connectivity index (χ1) is 23.3. The Labute approximate surface area is 278 Å². The number of alkyl halides is 6. The monoisotopic (exact) mass is 674 g/mol. The van der Waals surface area contributed by atoms with Crippen molar-refractivity contribution in [2.45, 2.75) is 58.3 Å². The van der Waals surface area contributed by atoms with Gasteiger partial charge in [0.1, 0.15) is 17.3 Å². The first kappa shape index (κ1) is 32.5. The number of halogens is 6. The normalized spacial score (nSPS) is 17.1. The van der Waals surface area contributed by atoms with Crippen LogP contribution in [0.4, 0.5) is 26.3 Å². The largest absolute Gasteiger partial charge is 0.457 e. The molecule has 5 nitrogen and oxygen atoms in total. The van der Waals surface area contributed by atoms with Gasteiger partial charge in [-0.1, -0.05) is 37.3 Å². The number of fused-ring (bicyclic) bond motifs is 3. The maximum Gasteiger partial charge on any atom is 0.412 e. The molecular weight excluding hydrogens is 642 g/mol. The molecule has 0 amide bonds. The van der Waals surface area contributed by atoms with Gasteiger partial charge < -0.3 is 4.74 Å². The summed E-state index contributed by atoms with van der Waals surface area (Å²) in [6, 6.07) is 24.7. The van der Waals surface area contributed by atoms with Gasteiger partial charge in [0.15, 0.2) is 0 Å². The standard InChI is InChI=1S/C38H32F6N4O/c1-4-24-17-18-45-34(19-24)47-32-14-6-5-11-28(32)29-16-15-27(21-33(29)47)49-26-10-7-9-25(20-26)48-23(3)35(22(2)46-48)36-30(37(39,40)41)12-8-13-31(36)38(42,43)44/h5-7,9-12,14-21,31,36H,4,8,13H2,1-3H3/t31-,36+/m0/s1. The Balaban J connectivity index is 1.27. The van der Waals surface area contributed by atoms with E-state index in [4.69, 9.17) is 4.74 Å². The highest BCUT2D eigenvalue weighted by Crippen LogP contribution is 2.53. The van der Waals surface area contributed by atoms with Crippen molar-refractivity contribution in [3.05, 3.63) is 119 Å². The minimum atomic E-state index is -4.91. The summed E-state index contributed by atoms with van der Waals surface area (Å²) in [5.74, 6) is -2.36. The van der Waals surface area contributed by atoms with E-state index in [9.17, 15) is 26.3 Å².